The van der Waals surface area contributed by atoms with Gasteiger partial charge >= 0.3 is 0 Å². The third kappa shape index (κ3) is 3.62. The lowest BCUT2D eigenvalue weighted by molar-refractivity contribution is -0.122. The molecule has 1 rings (SSSR count). The average molecular weight is 249 g/mol. The minimum atomic E-state index is -0.294. The SMILES string of the molecule is C=CCNC(=O)COc1c(C=O)cccc1OC. The van der Waals surface area contributed by atoms with Crippen molar-refractivity contribution in [2.24, 2.45) is 0 Å². The molecule has 5 nitrogen and oxygen atoms in total. The number of ether oxygens (including phenoxy) is 2. The summed E-state index contributed by atoms with van der Waals surface area (Å²) in [5, 5.41) is 2.57. The number of rotatable bonds is 7. The van der Waals surface area contributed by atoms with E-state index in [4.69, 9.17) is 9.47 Å². The van der Waals surface area contributed by atoms with E-state index in [1.807, 2.05) is 0 Å². The summed E-state index contributed by atoms with van der Waals surface area (Å²) in [6.07, 6.45) is 2.22. The van der Waals surface area contributed by atoms with Crippen LogP contribution < -0.4 is 14.8 Å². The maximum absolute atomic E-state index is 11.4. The van der Waals surface area contributed by atoms with Crippen molar-refractivity contribution in [2.75, 3.05) is 20.3 Å². The summed E-state index contributed by atoms with van der Waals surface area (Å²) in [4.78, 5) is 22.2. The third-order valence-electron chi connectivity index (χ3n) is 2.15. The first-order valence-electron chi connectivity index (χ1n) is 5.35. The van der Waals surface area contributed by atoms with E-state index in [2.05, 4.69) is 11.9 Å². The lowest BCUT2D eigenvalue weighted by Crippen LogP contribution is -2.29. The van der Waals surface area contributed by atoms with Crippen LogP contribution in [0.15, 0.2) is 30.9 Å². The number of carbonyl (C=O) groups excluding carboxylic acids is 2. The molecule has 0 aromatic heterocycles. The second-order valence-corrected chi connectivity index (χ2v) is 3.38. The van der Waals surface area contributed by atoms with Crippen LogP contribution in [-0.2, 0) is 4.79 Å². The molecule has 0 unspecified atom stereocenters. The molecule has 0 aliphatic heterocycles. The number of para-hydroxylation sites is 1. The number of hydrogen-bond acceptors (Lipinski definition) is 4. The van der Waals surface area contributed by atoms with E-state index in [1.165, 1.54) is 7.11 Å². The van der Waals surface area contributed by atoms with Crippen molar-refractivity contribution in [1.82, 2.24) is 5.32 Å². The molecule has 0 spiro atoms. The van der Waals surface area contributed by atoms with Gasteiger partial charge in [-0.15, -0.1) is 6.58 Å². The van der Waals surface area contributed by atoms with Crippen molar-refractivity contribution in [1.29, 1.82) is 0 Å². The molecule has 0 aliphatic carbocycles. The molecule has 0 atom stereocenters. The van der Waals surface area contributed by atoms with E-state index >= 15 is 0 Å². The van der Waals surface area contributed by atoms with Gasteiger partial charge in [-0.2, -0.15) is 0 Å². The lowest BCUT2D eigenvalue weighted by Gasteiger charge is -2.12. The summed E-state index contributed by atoms with van der Waals surface area (Å²) in [6, 6.07) is 4.92. The summed E-state index contributed by atoms with van der Waals surface area (Å²) in [5.41, 5.74) is 0.339. The molecular weight excluding hydrogens is 234 g/mol. The molecule has 0 radical (unpaired) electrons. The van der Waals surface area contributed by atoms with Gasteiger partial charge in [0.05, 0.1) is 12.7 Å². The van der Waals surface area contributed by atoms with Crippen LogP contribution in [0.1, 0.15) is 10.4 Å². The average Bonchev–Trinajstić information content (AvgIpc) is 2.42. The van der Waals surface area contributed by atoms with Crippen molar-refractivity contribution < 1.29 is 19.1 Å². The Balaban J connectivity index is 2.73. The minimum absolute atomic E-state index is 0.185. The Kier molecular flexibility index (Phi) is 5.44. The van der Waals surface area contributed by atoms with Gasteiger partial charge in [-0.05, 0) is 12.1 Å². The standard InChI is InChI=1S/C13H15NO4/c1-3-7-14-12(16)9-18-13-10(8-15)5-4-6-11(13)17-2/h3-6,8H,1,7,9H2,2H3,(H,14,16). The lowest BCUT2D eigenvalue weighted by atomic mass is 10.2. The molecule has 0 saturated heterocycles. The van der Waals surface area contributed by atoms with Gasteiger partial charge in [0.15, 0.2) is 24.4 Å². The fourth-order valence-corrected chi connectivity index (χ4v) is 1.32. The Morgan fingerprint density at radius 3 is 2.89 bits per heavy atom. The number of carbonyl (C=O) groups is 2. The zero-order chi connectivity index (χ0) is 13.4. The first-order chi connectivity index (χ1) is 8.72. The van der Waals surface area contributed by atoms with Crippen LogP contribution in [-0.4, -0.2) is 32.5 Å². The molecule has 18 heavy (non-hydrogen) atoms. The van der Waals surface area contributed by atoms with Crippen LogP contribution in [0.2, 0.25) is 0 Å². The van der Waals surface area contributed by atoms with Gasteiger partial charge in [-0.1, -0.05) is 12.1 Å². The second kappa shape index (κ2) is 7.11. The minimum Gasteiger partial charge on any atom is -0.493 e. The number of hydrogen-bond donors (Lipinski definition) is 1. The molecule has 5 heteroatoms. The largest absolute Gasteiger partial charge is 0.493 e. The number of methoxy groups -OCH3 is 1. The Labute approximate surface area is 105 Å². The summed E-state index contributed by atoms with van der Waals surface area (Å²) in [5.74, 6) is 0.387. The van der Waals surface area contributed by atoms with E-state index in [0.29, 0.717) is 24.1 Å². The Hall–Kier alpha value is -2.30. The molecule has 1 amide bonds. The first kappa shape index (κ1) is 13.8. The molecule has 0 bridgehead atoms. The van der Waals surface area contributed by atoms with Gasteiger partial charge < -0.3 is 14.8 Å². The van der Waals surface area contributed by atoms with Crippen LogP contribution in [0.3, 0.4) is 0 Å². The molecular formula is C13H15NO4. The zero-order valence-electron chi connectivity index (χ0n) is 10.1. The second-order valence-electron chi connectivity index (χ2n) is 3.38. The molecule has 1 aromatic rings. The fraction of sp³-hybridized carbons (Fsp3) is 0.231. The predicted octanol–water partition coefficient (Wildman–Crippen LogP) is 1.19. The third-order valence-corrected chi connectivity index (χ3v) is 2.15. The first-order valence-corrected chi connectivity index (χ1v) is 5.35. The highest BCUT2D eigenvalue weighted by molar-refractivity contribution is 5.82. The van der Waals surface area contributed by atoms with Crippen LogP contribution in [0, 0.1) is 0 Å². The van der Waals surface area contributed by atoms with Crippen LogP contribution >= 0.6 is 0 Å². The molecule has 1 aromatic carbocycles. The Morgan fingerprint density at radius 1 is 1.50 bits per heavy atom. The summed E-state index contributed by atoms with van der Waals surface area (Å²) < 4.78 is 10.4. The highest BCUT2D eigenvalue weighted by atomic mass is 16.5. The van der Waals surface area contributed by atoms with Gasteiger partial charge in [0, 0.05) is 6.54 Å². The molecule has 1 N–H and O–H groups in total. The quantitative estimate of drug-likeness (QED) is 0.582. The van der Waals surface area contributed by atoms with Crippen LogP contribution in [0.25, 0.3) is 0 Å². The molecule has 0 aliphatic rings. The van der Waals surface area contributed by atoms with Gasteiger partial charge in [-0.3, -0.25) is 9.59 Å². The maximum atomic E-state index is 11.4. The van der Waals surface area contributed by atoms with Gasteiger partial charge in [-0.25, -0.2) is 0 Å². The van der Waals surface area contributed by atoms with Gasteiger partial charge in [0.2, 0.25) is 0 Å². The van der Waals surface area contributed by atoms with E-state index in [9.17, 15) is 9.59 Å². The monoisotopic (exact) mass is 249 g/mol. The van der Waals surface area contributed by atoms with Gasteiger partial charge in [0.1, 0.15) is 0 Å². The van der Waals surface area contributed by atoms with E-state index < -0.39 is 0 Å². The Morgan fingerprint density at radius 2 is 2.28 bits per heavy atom. The van der Waals surface area contributed by atoms with Crippen molar-refractivity contribution in [3.05, 3.63) is 36.4 Å². The van der Waals surface area contributed by atoms with Crippen LogP contribution in [0.5, 0.6) is 11.5 Å². The molecule has 0 fully saturated rings. The van der Waals surface area contributed by atoms with Crippen molar-refractivity contribution in [3.8, 4) is 11.5 Å². The molecule has 96 valence electrons. The zero-order valence-corrected chi connectivity index (χ0v) is 10.1. The topological polar surface area (TPSA) is 64.6 Å². The molecule has 0 saturated carbocycles. The number of benzene rings is 1. The van der Waals surface area contributed by atoms with E-state index in [1.54, 1.807) is 24.3 Å². The number of nitrogens with one attached hydrogen (secondary N) is 1. The van der Waals surface area contributed by atoms with Crippen molar-refractivity contribution in [3.63, 3.8) is 0 Å². The summed E-state index contributed by atoms with van der Waals surface area (Å²) >= 11 is 0. The normalized spacial score (nSPS) is 9.39. The maximum Gasteiger partial charge on any atom is 0.258 e. The number of aldehydes is 1. The van der Waals surface area contributed by atoms with E-state index in [0.717, 1.165) is 0 Å². The van der Waals surface area contributed by atoms with Crippen molar-refractivity contribution >= 4 is 12.2 Å². The number of amides is 1. The summed E-state index contributed by atoms with van der Waals surface area (Å²) in [6.45, 7) is 3.67. The Bertz CT molecular complexity index is 443. The van der Waals surface area contributed by atoms with E-state index in [-0.39, 0.29) is 18.3 Å². The van der Waals surface area contributed by atoms with Crippen molar-refractivity contribution in [2.45, 2.75) is 0 Å². The fourth-order valence-electron chi connectivity index (χ4n) is 1.32. The summed E-state index contributed by atoms with van der Waals surface area (Å²) in [7, 11) is 1.47. The van der Waals surface area contributed by atoms with Gasteiger partial charge in [0.25, 0.3) is 5.91 Å². The smallest absolute Gasteiger partial charge is 0.258 e. The highest BCUT2D eigenvalue weighted by Gasteiger charge is 2.11. The highest BCUT2D eigenvalue weighted by Crippen LogP contribution is 2.29. The predicted molar refractivity (Wildman–Crippen MR) is 67.1 cm³/mol. The van der Waals surface area contributed by atoms with Crippen LogP contribution in [0.4, 0.5) is 0 Å². The molecule has 0 heterocycles.